The van der Waals surface area contributed by atoms with Crippen molar-refractivity contribution in [3.05, 3.63) is 34.9 Å². The van der Waals surface area contributed by atoms with Gasteiger partial charge in [-0.25, -0.2) is 4.79 Å². The zero-order valence-corrected chi connectivity index (χ0v) is 12.4. The summed E-state index contributed by atoms with van der Waals surface area (Å²) >= 11 is 5.78. The van der Waals surface area contributed by atoms with E-state index in [1.54, 1.807) is 52.0 Å². The molecule has 0 aliphatic rings. The third kappa shape index (κ3) is 5.49. The number of hydrogen-bond donors (Lipinski definition) is 2. The molecule has 5 heteroatoms. The van der Waals surface area contributed by atoms with E-state index in [1.165, 1.54) is 0 Å². The first kappa shape index (κ1) is 15.8. The van der Waals surface area contributed by atoms with Crippen molar-refractivity contribution < 1.29 is 14.6 Å². The van der Waals surface area contributed by atoms with Crippen LogP contribution in [0.3, 0.4) is 0 Å². The Morgan fingerprint density at radius 3 is 2.32 bits per heavy atom. The molecule has 0 spiro atoms. The van der Waals surface area contributed by atoms with Crippen molar-refractivity contribution in [3.63, 3.8) is 0 Å². The largest absolute Gasteiger partial charge is 0.444 e. The molecule has 0 saturated heterocycles. The lowest BCUT2D eigenvalue weighted by Gasteiger charge is -2.24. The van der Waals surface area contributed by atoms with E-state index < -0.39 is 23.8 Å². The molecule has 2 atom stereocenters. The van der Waals surface area contributed by atoms with Crippen LogP contribution in [-0.4, -0.2) is 22.8 Å². The molecule has 0 heterocycles. The van der Waals surface area contributed by atoms with Gasteiger partial charge in [0.15, 0.2) is 0 Å². The number of aliphatic hydroxyl groups excluding tert-OH is 1. The standard InChI is InChI=1S/C14H20ClNO3/c1-9(16-13(18)19-14(2,3)4)12(17)10-5-7-11(15)8-6-10/h5-9,12,17H,1-4H3,(H,16,18). The molecule has 1 rings (SSSR count). The number of halogens is 1. The number of aliphatic hydroxyl groups is 1. The Kier molecular flexibility index (Phi) is 5.20. The average molecular weight is 286 g/mol. The summed E-state index contributed by atoms with van der Waals surface area (Å²) in [7, 11) is 0. The maximum absolute atomic E-state index is 11.6. The van der Waals surface area contributed by atoms with Gasteiger partial charge in [0.2, 0.25) is 0 Å². The van der Waals surface area contributed by atoms with Crippen molar-refractivity contribution in [1.29, 1.82) is 0 Å². The minimum Gasteiger partial charge on any atom is -0.444 e. The minimum atomic E-state index is -0.815. The van der Waals surface area contributed by atoms with Gasteiger partial charge in [-0.2, -0.15) is 0 Å². The lowest BCUT2D eigenvalue weighted by atomic mass is 10.0. The van der Waals surface area contributed by atoms with Crippen LogP contribution in [0.2, 0.25) is 5.02 Å². The van der Waals surface area contributed by atoms with E-state index in [0.29, 0.717) is 10.6 Å². The van der Waals surface area contributed by atoms with Crippen molar-refractivity contribution >= 4 is 17.7 Å². The van der Waals surface area contributed by atoms with Crippen LogP contribution in [0.4, 0.5) is 4.79 Å². The summed E-state index contributed by atoms with van der Waals surface area (Å²) < 4.78 is 5.13. The van der Waals surface area contributed by atoms with Crippen LogP contribution < -0.4 is 5.32 Å². The smallest absolute Gasteiger partial charge is 0.407 e. The lowest BCUT2D eigenvalue weighted by Crippen LogP contribution is -2.40. The molecule has 19 heavy (non-hydrogen) atoms. The molecule has 0 fully saturated rings. The Labute approximate surface area is 118 Å². The van der Waals surface area contributed by atoms with E-state index in [4.69, 9.17) is 16.3 Å². The quantitative estimate of drug-likeness (QED) is 0.896. The van der Waals surface area contributed by atoms with Gasteiger partial charge in [0.1, 0.15) is 5.60 Å². The van der Waals surface area contributed by atoms with Crippen molar-refractivity contribution in [2.24, 2.45) is 0 Å². The van der Waals surface area contributed by atoms with Crippen LogP contribution in [0.15, 0.2) is 24.3 Å². The highest BCUT2D eigenvalue weighted by Gasteiger charge is 2.22. The lowest BCUT2D eigenvalue weighted by molar-refractivity contribution is 0.0436. The van der Waals surface area contributed by atoms with E-state index in [9.17, 15) is 9.90 Å². The van der Waals surface area contributed by atoms with Gasteiger partial charge < -0.3 is 15.2 Å². The van der Waals surface area contributed by atoms with Crippen LogP contribution >= 0.6 is 11.6 Å². The molecule has 2 unspecified atom stereocenters. The molecule has 0 aliphatic carbocycles. The van der Waals surface area contributed by atoms with Gasteiger partial charge in [-0.1, -0.05) is 23.7 Å². The molecule has 106 valence electrons. The Morgan fingerprint density at radius 2 is 1.84 bits per heavy atom. The van der Waals surface area contributed by atoms with Gasteiger partial charge in [0.05, 0.1) is 12.1 Å². The number of carbonyl (C=O) groups excluding carboxylic acids is 1. The fraction of sp³-hybridized carbons (Fsp3) is 0.500. The topological polar surface area (TPSA) is 58.6 Å². The summed E-state index contributed by atoms with van der Waals surface area (Å²) in [5, 5.41) is 13.3. The fourth-order valence-corrected chi connectivity index (χ4v) is 1.65. The Bertz CT molecular complexity index is 425. The number of benzene rings is 1. The van der Waals surface area contributed by atoms with Crippen molar-refractivity contribution in [3.8, 4) is 0 Å². The first-order chi connectivity index (χ1) is 8.69. The Balaban J connectivity index is 2.60. The molecule has 0 aliphatic heterocycles. The van der Waals surface area contributed by atoms with E-state index in [1.807, 2.05) is 0 Å². The third-order valence-electron chi connectivity index (χ3n) is 2.43. The molecule has 1 aromatic carbocycles. The minimum absolute atomic E-state index is 0.462. The fourth-order valence-electron chi connectivity index (χ4n) is 1.52. The summed E-state index contributed by atoms with van der Waals surface area (Å²) in [4.78, 5) is 11.6. The predicted molar refractivity (Wildman–Crippen MR) is 75.2 cm³/mol. The van der Waals surface area contributed by atoms with E-state index in [0.717, 1.165) is 0 Å². The number of amides is 1. The maximum Gasteiger partial charge on any atom is 0.407 e. The maximum atomic E-state index is 11.6. The van der Waals surface area contributed by atoms with E-state index in [2.05, 4.69) is 5.32 Å². The summed E-state index contributed by atoms with van der Waals surface area (Å²) in [6.45, 7) is 7.07. The summed E-state index contributed by atoms with van der Waals surface area (Å²) in [5.41, 5.74) is 0.127. The summed E-state index contributed by atoms with van der Waals surface area (Å²) in [5.74, 6) is 0. The number of ether oxygens (including phenoxy) is 1. The molecule has 0 aromatic heterocycles. The molecule has 4 nitrogen and oxygen atoms in total. The Morgan fingerprint density at radius 1 is 1.32 bits per heavy atom. The number of carbonyl (C=O) groups is 1. The molecule has 0 bridgehead atoms. The molecule has 0 radical (unpaired) electrons. The second kappa shape index (κ2) is 6.26. The molecule has 0 saturated carbocycles. The van der Waals surface area contributed by atoms with Crippen LogP contribution in [0, 0.1) is 0 Å². The third-order valence-corrected chi connectivity index (χ3v) is 2.68. The zero-order valence-electron chi connectivity index (χ0n) is 11.6. The van der Waals surface area contributed by atoms with Crippen LogP contribution in [0.5, 0.6) is 0 Å². The molecule has 1 amide bonds. The van der Waals surface area contributed by atoms with Gasteiger partial charge >= 0.3 is 6.09 Å². The monoisotopic (exact) mass is 285 g/mol. The number of nitrogens with one attached hydrogen (secondary N) is 1. The summed E-state index contributed by atoms with van der Waals surface area (Å²) in [6.07, 6.45) is -1.36. The number of rotatable bonds is 3. The zero-order chi connectivity index (χ0) is 14.6. The van der Waals surface area contributed by atoms with Crippen molar-refractivity contribution in [2.75, 3.05) is 0 Å². The van der Waals surface area contributed by atoms with Crippen LogP contribution in [0.1, 0.15) is 39.4 Å². The molecule has 1 aromatic rings. The Hall–Kier alpha value is -1.26. The molecular weight excluding hydrogens is 266 g/mol. The number of alkyl carbamates (subject to hydrolysis) is 1. The second-order valence-corrected chi connectivity index (χ2v) is 5.87. The second-order valence-electron chi connectivity index (χ2n) is 5.43. The predicted octanol–water partition coefficient (Wildman–Crippen LogP) is 3.29. The SMILES string of the molecule is CC(NC(=O)OC(C)(C)C)C(O)c1ccc(Cl)cc1. The number of hydrogen-bond acceptors (Lipinski definition) is 3. The van der Waals surface area contributed by atoms with Crippen LogP contribution in [0.25, 0.3) is 0 Å². The van der Waals surface area contributed by atoms with Crippen molar-refractivity contribution in [2.45, 2.75) is 45.4 Å². The van der Waals surface area contributed by atoms with E-state index >= 15 is 0 Å². The van der Waals surface area contributed by atoms with Crippen molar-refractivity contribution in [1.82, 2.24) is 5.32 Å². The van der Waals surface area contributed by atoms with Gasteiger partial charge in [0.25, 0.3) is 0 Å². The highest BCUT2D eigenvalue weighted by molar-refractivity contribution is 6.30. The van der Waals surface area contributed by atoms with Gasteiger partial charge in [-0.05, 0) is 45.4 Å². The first-order valence-electron chi connectivity index (χ1n) is 6.12. The highest BCUT2D eigenvalue weighted by atomic mass is 35.5. The van der Waals surface area contributed by atoms with Crippen LogP contribution in [-0.2, 0) is 4.74 Å². The highest BCUT2D eigenvalue weighted by Crippen LogP contribution is 2.19. The average Bonchev–Trinajstić information content (AvgIpc) is 2.26. The molecule has 2 N–H and O–H groups in total. The first-order valence-corrected chi connectivity index (χ1v) is 6.50. The van der Waals surface area contributed by atoms with Gasteiger partial charge in [-0.3, -0.25) is 0 Å². The normalized spacial score (nSPS) is 14.6. The van der Waals surface area contributed by atoms with Gasteiger partial charge in [-0.15, -0.1) is 0 Å². The summed E-state index contributed by atoms with van der Waals surface area (Å²) in [6, 6.07) is 6.37. The van der Waals surface area contributed by atoms with E-state index in [-0.39, 0.29) is 0 Å². The van der Waals surface area contributed by atoms with Gasteiger partial charge in [0, 0.05) is 5.02 Å². The molecular formula is C14H20ClNO3.